The number of hydrogen-bond donors (Lipinski definition) is 0. The molecule has 0 aromatic carbocycles. The molecule has 0 atom stereocenters. The second-order valence-corrected chi connectivity index (χ2v) is 63.4. The molecule has 0 aliphatic rings. The average Bonchev–Trinajstić information content (AvgIpc) is 0.786. The van der Waals surface area contributed by atoms with E-state index in [-0.39, 0.29) is 0 Å². The van der Waals surface area contributed by atoms with E-state index in [4.69, 9.17) is 133 Å². The highest BCUT2D eigenvalue weighted by Crippen LogP contribution is 2.28. The van der Waals surface area contributed by atoms with Gasteiger partial charge in [0.15, 0.2) is 0 Å². The summed E-state index contributed by atoms with van der Waals surface area (Å²) in [6.45, 7) is 66.5. The molecule has 0 aliphatic carbocycles. The molecule has 0 heterocycles. The Labute approximate surface area is 911 Å². The molecule has 0 aliphatic heterocycles. The summed E-state index contributed by atoms with van der Waals surface area (Å²) in [6.07, 6.45) is 52.4. The standard InChI is InChI=1S/C18H40O3Si.C16H36O3Si.C14H32O3Si.C12H28O3Si.C11H26O3Si.C9H22O3Si.C8H20O3Si.C7H18O3Si.C6H16O3Si.C4H12O3Si/c1-5-9-10-11-12-13-14-15-16-17-18-22(19-6-2,20-7-3)21-8-4;1-5-7-8-9-10-11-12-13-14-15-16-20(17-3,18-4)19-6-2;1-5-9-10-11-12-13-14-18(15-6-2,16-7-3)17-8-4;1-5-9-10-11-12-16(13-6-2,14-7-3)15-8-4;1-5-6-7-8-9-10-11-15(12-2,13-3)14-4;1-5-6-7-8-9-13(10-2,11-3)12-4;1-5-9-12(8-4,10-6-2)11-7-3;1-5-8-11(4,9-6-2)10-7-3;1-5-9-10(6-2,7-3)8-4;1-5-8(4,6-2)7-3/h5-18H2,1-4H3;5-16H2,1-4H3;5-14H2,1-4H3;5-12H2,1-4H3;5-11H2,1-4H3;5-9H2,1-4H3;5-8H2,1-4H3;5-7H2,1-4H3;5-6H2,1-4H3;1-4H3. The van der Waals surface area contributed by atoms with Gasteiger partial charge in [-0.3, -0.25) is 0 Å². The minimum absolute atomic E-state index is 0.655. The summed E-state index contributed by atoms with van der Waals surface area (Å²) in [5.74, 6) is 0. The van der Waals surface area contributed by atoms with Gasteiger partial charge in [-0.1, -0.05) is 274 Å². The van der Waals surface area contributed by atoms with Crippen molar-refractivity contribution in [3.63, 3.8) is 0 Å². The van der Waals surface area contributed by atoms with Gasteiger partial charge in [-0.05, 0) is 156 Å². The van der Waals surface area contributed by atoms with Crippen LogP contribution in [-0.2, 0) is 133 Å². The maximum Gasteiger partial charge on any atom is 0.500 e. The average molecular weight is 2270 g/mol. The molecule has 0 amide bonds. The highest BCUT2D eigenvalue weighted by molar-refractivity contribution is 6.63. The van der Waals surface area contributed by atoms with Crippen molar-refractivity contribution in [2.24, 2.45) is 0 Å². The van der Waals surface area contributed by atoms with Gasteiger partial charge in [0.25, 0.3) is 0 Å². The molecule has 30 nitrogen and oxygen atoms in total. The van der Waals surface area contributed by atoms with Crippen LogP contribution in [0.1, 0.15) is 430 Å². The summed E-state index contributed by atoms with van der Waals surface area (Å²) in [7, 11) is -1.43. The third kappa shape index (κ3) is 100. The van der Waals surface area contributed by atoms with E-state index in [1.54, 1.807) is 92.4 Å². The van der Waals surface area contributed by atoms with E-state index in [0.29, 0.717) is 112 Å². The van der Waals surface area contributed by atoms with Crippen LogP contribution in [0.3, 0.4) is 0 Å². The van der Waals surface area contributed by atoms with Crippen molar-refractivity contribution in [2.75, 3.05) is 205 Å². The van der Waals surface area contributed by atoms with E-state index in [9.17, 15) is 0 Å². The SMILES string of the molecule is CCCCCCCCCCCC[Si](OC)(OC)OCC.CCCCCCCCCCCC[Si](OCC)(OCC)OCC.CCCCCCCC[Si](OC)(OC)OC.CCCCCCCC[Si](OCC)(OCC)OCC.CCCCCC[Si](OC)(OC)OC.CCCCCC[Si](OCC)(OCC)OCC.CCO[Si](C)(OCC)OCC.CCO[Si](CC)(OC)OC.CCO[Si](CC)(OCC)OCC.CO[Si](C)(OC)OC. The second kappa shape index (κ2) is 124. The van der Waals surface area contributed by atoms with Gasteiger partial charge in [-0.15, -0.1) is 0 Å². The van der Waals surface area contributed by atoms with Gasteiger partial charge in [0.2, 0.25) is 0 Å². The molecule has 0 rings (SSSR count). The molecular formula is C105H250O30Si10. The Balaban J connectivity index is -0.000000177. The third-order valence-corrected chi connectivity index (χ3v) is 52.0. The Morgan fingerprint density at radius 3 is 0.366 bits per heavy atom. The van der Waals surface area contributed by atoms with Gasteiger partial charge in [-0.2, -0.15) is 0 Å². The summed E-state index contributed by atoms with van der Waals surface area (Å²) < 4.78 is 165. The van der Waals surface area contributed by atoms with Gasteiger partial charge in [0.1, 0.15) is 0 Å². The minimum atomic E-state index is -2.39. The van der Waals surface area contributed by atoms with E-state index < -0.39 is 88.0 Å². The largest absolute Gasteiger partial charge is 0.500 e. The molecule has 0 bridgehead atoms. The van der Waals surface area contributed by atoms with Gasteiger partial charge in [0.05, 0.1) is 0 Å². The van der Waals surface area contributed by atoms with Gasteiger partial charge in [-0.25, -0.2) is 0 Å². The molecule has 0 aromatic heterocycles. The van der Waals surface area contributed by atoms with Crippen molar-refractivity contribution in [3.8, 4) is 0 Å². The first-order chi connectivity index (χ1) is 69.8. The predicted molar refractivity (Wildman–Crippen MR) is 627 cm³/mol. The van der Waals surface area contributed by atoms with E-state index in [2.05, 4.69) is 41.5 Å². The van der Waals surface area contributed by atoms with Gasteiger partial charge < -0.3 is 133 Å². The molecule has 0 fully saturated rings. The molecule has 0 saturated heterocycles. The molecule has 0 spiro atoms. The van der Waals surface area contributed by atoms with Crippen molar-refractivity contribution in [3.05, 3.63) is 0 Å². The van der Waals surface area contributed by atoms with Crippen molar-refractivity contribution in [1.29, 1.82) is 0 Å². The smallest absolute Gasteiger partial charge is 0.377 e. The first-order valence-corrected chi connectivity index (χ1v) is 77.7. The van der Waals surface area contributed by atoms with Crippen LogP contribution in [0.25, 0.3) is 0 Å². The molecule has 40 heteroatoms. The monoisotopic (exact) mass is 2270 g/mol. The maximum absolute atomic E-state index is 5.89. The minimum Gasteiger partial charge on any atom is -0.377 e. The summed E-state index contributed by atoms with van der Waals surface area (Å²) in [4.78, 5) is 0. The zero-order chi connectivity index (χ0) is 112. The maximum atomic E-state index is 5.89. The Kier molecular flexibility index (Phi) is 141. The molecular weight excluding hydrogens is 2020 g/mol. The van der Waals surface area contributed by atoms with Crippen molar-refractivity contribution >= 4 is 88.0 Å². The lowest BCUT2D eigenvalue weighted by Gasteiger charge is -2.28. The lowest BCUT2D eigenvalue weighted by atomic mass is 10.1. The highest BCUT2D eigenvalue weighted by Gasteiger charge is 2.45. The van der Waals surface area contributed by atoms with Crippen molar-refractivity contribution < 1.29 is 133 Å². The summed E-state index contributed by atoms with van der Waals surface area (Å²) in [5, 5.41) is 0. The topological polar surface area (TPSA) is 277 Å². The van der Waals surface area contributed by atoms with Crippen LogP contribution in [0.4, 0.5) is 0 Å². The van der Waals surface area contributed by atoms with Crippen LogP contribution in [-0.4, -0.2) is 293 Å². The summed E-state index contributed by atoms with van der Waals surface area (Å²) in [6, 6.07) is 7.38. The van der Waals surface area contributed by atoms with Crippen LogP contribution in [0.15, 0.2) is 0 Å². The molecule has 0 unspecified atom stereocenters. The lowest BCUT2D eigenvalue weighted by molar-refractivity contribution is 0.0698. The summed E-state index contributed by atoms with van der Waals surface area (Å²) >= 11 is 0. The quantitative estimate of drug-likeness (QED) is 0.0404. The molecule has 890 valence electrons. The van der Waals surface area contributed by atoms with Crippen molar-refractivity contribution in [1.82, 2.24) is 0 Å². The molecule has 0 radical (unpaired) electrons. The van der Waals surface area contributed by atoms with Crippen LogP contribution in [0, 0.1) is 0 Å². The number of rotatable bonds is 95. The normalized spacial score (nSPS) is 12.0. The van der Waals surface area contributed by atoms with Crippen molar-refractivity contribution in [2.45, 2.75) is 491 Å². The van der Waals surface area contributed by atoms with Crippen LogP contribution < -0.4 is 0 Å². The summed E-state index contributed by atoms with van der Waals surface area (Å²) in [5.41, 5.74) is 0. The zero-order valence-corrected chi connectivity index (χ0v) is 113. The Hall–Kier alpha value is 0.969. The number of unbranched alkanes of at least 4 members (excludes halogenated alkanes) is 34. The molecule has 145 heavy (non-hydrogen) atoms. The Morgan fingerprint density at radius 2 is 0.234 bits per heavy atom. The van der Waals surface area contributed by atoms with Gasteiger partial charge >= 0.3 is 88.0 Å². The zero-order valence-electron chi connectivity index (χ0n) is 103. The second-order valence-electron chi connectivity index (χ2n) is 34.4. The first-order valence-electron chi connectivity index (χ1n) is 57.8. The fraction of sp³-hybridized carbons (Fsp3) is 1.00. The van der Waals surface area contributed by atoms with E-state index in [0.717, 1.165) is 80.5 Å². The van der Waals surface area contributed by atoms with Crippen LogP contribution >= 0.6 is 0 Å². The molecule has 0 saturated carbocycles. The van der Waals surface area contributed by atoms with Gasteiger partial charge in [0, 0.05) is 266 Å². The predicted octanol–water partition coefficient (Wildman–Crippen LogP) is 30.3. The third-order valence-electron chi connectivity index (χ3n) is 23.4. The van der Waals surface area contributed by atoms with E-state index >= 15 is 0 Å². The fourth-order valence-electron chi connectivity index (χ4n) is 15.3. The Morgan fingerprint density at radius 1 is 0.110 bits per heavy atom. The lowest BCUT2D eigenvalue weighted by Crippen LogP contribution is -2.45. The van der Waals surface area contributed by atoms with E-state index in [1.807, 2.05) is 145 Å². The van der Waals surface area contributed by atoms with E-state index in [1.165, 1.54) is 225 Å². The molecule has 0 N–H and O–H groups in total. The number of hydrogen-bond acceptors (Lipinski definition) is 30. The fourth-order valence-corrected chi connectivity index (χ4v) is 35.2. The Bertz CT molecular complexity index is 2250. The first kappa shape index (κ1) is 166. The highest BCUT2D eigenvalue weighted by atomic mass is 28.4. The molecule has 0 aromatic rings. The van der Waals surface area contributed by atoms with Crippen LogP contribution in [0.5, 0.6) is 0 Å². The van der Waals surface area contributed by atoms with Crippen LogP contribution in [0.2, 0.25) is 61.4 Å².